The fourth-order valence-corrected chi connectivity index (χ4v) is 5.65. The average Bonchev–Trinajstić information content (AvgIpc) is 2.84. The zero-order valence-electron chi connectivity index (χ0n) is 17.9. The van der Waals surface area contributed by atoms with Gasteiger partial charge in [-0.1, -0.05) is 48.4 Å². The number of benzene rings is 3. The van der Waals surface area contributed by atoms with Gasteiger partial charge in [-0.05, 0) is 60.9 Å². The molecule has 3 aromatic carbocycles. The minimum atomic E-state index is -3.77. The number of rotatable bonds is 7. The fraction of sp³-hybridized carbons (Fsp3) is 0.240. The lowest BCUT2D eigenvalue weighted by atomic mass is 10.2. The Bertz CT molecular complexity index is 1220. The molecule has 3 aromatic rings. The molecule has 0 bridgehead atoms. The zero-order valence-corrected chi connectivity index (χ0v) is 19.5. The first kappa shape index (κ1) is 23.3. The third-order valence-corrected chi connectivity index (χ3v) is 7.73. The van der Waals surface area contributed by atoms with Crippen molar-refractivity contribution in [2.24, 2.45) is 0 Å². The molecule has 0 aliphatic carbocycles. The molecule has 0 radical (unpaired) electrons. The SMILES string of the molecule is O=C(OCc1cccc(Oc2ccccc2)c1)c1ccc(Cl)c(S(=O)(=O)N2CCCCC2)c1. The monoisotopic (exact) mass is 485 g/mol. The van der Waals surface area contributed by atoms with Crippen LogP contribution in [0.4, 0.5) is 0 Å². The summed E-state index contributed by atoms with van der Waals surface area (Å²) in [6, 6.07) is 20.8. The van der Waals surface area contributed by atoms with Crippen LogP contribution in [0.5, 0.6) is 11.5 Å². The van der Waals surface area contributed by atoms with E-state index in [-0.39, 0.29) is 22.1 Å². The summed E-state index contributed by atoms with van der Waals surface area (Å²) in [4.78, 5) is 12.6. The molecule has 0 saturated carbocycles. The van der Waals surface area contributed by atoms with Crippen molar-refractivity contribution in [1.82, 2.24) is 4.31 Å². The van der Waals surface area contributed by atoms with Crippen molar-refractivity contribution in [2.75, 3.05) is 13.1 Å². The van der Waals surface area contributed by atoms with Crippen molar-refractivity contribution in [3.8, 4) is 11.5 Å². The molecular formula is C25H24ClNO5S. The molecule has 1 aliphatic heterocycles. The molecule has 1 aliphatic rings. The summed E-state index contributed by atoms with van der Waals surface area (Å²) in [6.07, 6.45) is 2.63. The van der Waals surface area contributed by atoms with Gasteiger partial charge in [0.15, 0.2) is 0 Å². The van der Waals surface area contributed by atoms with Gasteiger partial charge in [-0.25, -0.2) is 13.2 Å². The topological polar surface area (TPSA) is 72.9 Å². The van der Waals surface area contributed by atoms with E-state index in [0.29, 0.717) is 24.6 Å². The Labute approximate surface area is 198 Å². The van der Waals surface area contributed by atoms with E-state index in [1.54, 1.807) is 6.07 Å². The van der Waals surface area contributed by atoms with Crippen molar-refractivity contribution >= 4 is 27.6 Å². The second kappa shape index (κ2) is 10.4. The number of esters is 1. The number of sulfonamides is 1. The number of halogens is 1. The van der Waals surface area contributed by atoms with Gasteiger partial charge in [0.05, 0.1) is 10.6 Å². The Hall–Kier alpha value is -2.87. The Morgan fingerprint density at radius 3 is 2.36 bits per heavy atom. The number of nitrogens with zero attached hydrogens (tertiary/aromatic N) is 1. The third kappa shape index (κ3) is 5.74. The van der Waals surface area contributed by atoms with Gasteiger partial charge in [0.25, 0.3) is 0 Å². The third-order valence-electron chi connectivity index (χ3n) is 5.35. The number of hydrogen-bond donors (Lipinski definition) is 0. The Balaban J connectivity index is 1.45. The van der Waals surface area contributed by atoms with E-state index in [9.17, 15) is 13.2 Å². The van der Waals surface area contributed by atoms with Gasteiger partial charge in [0.1, 0.15) is 23.0 Å². The van der Waals surface area contributed by atoms with Crippen molar-refractivity contribution in [3.63, 3.8) is 0 Å². The van der Waals surface area contributed by atoms with E-state index >= 15 is 0 Å². The van der Waals surface area contributed by atoms with Gasteiger partial charge < -0.3 is 9.47 Å². The van der Waals surface area contributed by atoms with Gasteiger partial charge >= 0.3 is 5.97 Å². The maximum absolute atomic E-state index is 13.0. The lowest BCUT2D eigenvalue weighted by molar-refractivity contribution is 0.0472. The van der Waals surface area contributed by atoms with E-state index < -0.39 is 16.0 Å². The number of piperidine rings is 1. The Morgan fingerprint density at radius 1 is 0.879 bits per heavy atom. The van der Waals surface area contributed by atoms with Crippen LogP contribution >= 0.6 is 11.6 Å². The zero-order chi connectivity index (χ0) is 23.3. The normalized spacial score (nSPS) is 14.6. The summed E-state index contributed by atoms with van der Waals surface area (Å²) in [6.45, 7) is 0.922. The van der Waals surface area contributed by atoms with Crippen LogP contribution in [0.1, 0.15) is 35.2 Å². The molecule has 1 heterocycles. The predicted molar refractivity (Wildman–Crippen MR) is 126 cm³/mol. The summed E-state index contributed by atoms with van der Waals surface area (Å²) in [5.74, 6) is 0.697. The van der Waals surface area contributed by atoms with Gasteiger partial charge in [-0.2, -0.15) is 4.31 Å². The molecule has 0 spiro atoms. The molecule has 172 valence electrons. The quantitative estimate of drug-likeness (QED) is 0.403. The highest BCUT2D eigenvalue weighted by molar-refractivity contribution is 7.89. The summed E-state index contributed by atoms with van der Waals surface area (Å²) >= 11 is 6.19. The number of carbonyl (C=O) groups is 1. The molecule has 0 N–H and O–H groups in total. The standard InChI is InChI=1S/C25H24ClNO5S/c26-23-13-12-20(17-24(23)33(29,30)27-14-5-2-6-15-27)25(28)31-18-19-8-7-11-22(16-19)32-21-9-3-1-4-10-21/h1,3-4,7-13,16-17H,2,5-6,14-15,18H2. The molecule has 33 heavy (non-hydrogen) atoms. The first-order valence-corrected chi connectivity index (χ1v) is 12.5. The minimum Gasteiger partial charge on any atom is -0.457 e. The van der Waals surface area contributed by atoms with E-state index in [1.165, 1.54) is 22.5 Å². The smallest absolute Gasteiger partial charge is 0.338 e. The van der Waals surface area contributed by atoms with Crippen molar-refractivity contribution in [2.45, 2.75) is 30.8 Å². The fourth-order valence-electron chi connectivity index (χ4n) is 3.63. The second-order valence-electron chi connectivity index (χ2n) is 7.75. The lowest BCUT2D eigenvalue weighted by Gasteiger charge is -2.26. The van der Waals surface area contributed by atoms with Crippen LogP contribution in [-0.4, -0.2) is 31.8 Å². The number of para-hydroxylation sites is 1. The van der Waals surface area contributed by atoms with Crippen LogP contribution < -0.4 is 4.74 Å². The summed E-state index contributed by atoms with van der Waals surface area (Å²) < 4.78 is 38.7. The van der Waals surface area contributed by atoms with Crippen LogP contribution in [0.25, 0.3) is 0 Å². The highest BCUT2D eigenvalue weighted by Crippen LogP contribution is 2.28. The van der Waals surface area contributed by atoms with Gasteiger partial charge in [-0.15, -0.1) is 0 Å². The van der Waals surface area contributed by atoms with E-state index in [0.717, 1.165) is 24.8 Å². The van der Waals surface area contributed by atoms with Crippen molar-refractivity contribution in [3.05, 3.63) is 88.9 Å². The van der Waals surface area contributed by atoms with Crippen LogP contribution in [0.15, 0.2) is 77.7 Å². The molecule has 0 aromatic heterocycles. The summed E-state index contributed by atoms with van der Waals surface area (Å²) in [5, 5.41) is 0.0860. The molecular weight excluding hydrogens is 462 g/mol. The van der Waals surface area contributed by atoms with Crippen LogP contribution in [0.2, 0.25) is 5.02 Å². The first-order chi connectivity index (χ1) is 15.9. The van der Waals surface area contributed by atoms with E-state index in [2.05, 4.69) is 0 Å². The molecule has 1 fully saturated rings. The van der Waals surface area contributed by atoms with Crippen molar-refractivity contribution in [1.29, 1.82) is 0 Å². The highest BCUT2D eigenvalue weighted by Gasteiger charge is 2.29. The molecule has 0 atom stereocenters. The lowest BCUT2D eigenvalue weighted by Crippen LogP contribution is -2.35. The molecule has 1 saturated heterocycles. The maximum atomic E-state index is 13.0. The first-order valence-electron chi connectivity index (χ1n) is 10.7. The molecule has 0 unspecified atom stereocenters. The highest BCUT2D eigenvalue weighted by atomic mass is 35.5. The maximum Gasteiger partial charge on any atom is 0.338 e. The average molecular weight is 486 g/mol. The van der Waals surface area contributed by atoms with E-state index in [4.69, 9.17) is 21.1 Å². The molecule has 6 nitrogen and oxygen atoms in total. The number of ether oxygens (including phenoxy) is 2. The summed E-state index contributed by atoms with van der Waals surface area (Å²) in [5.41, 5.74) is 0.874. The van der Waals surface area contributed by atoms with Gasteiger partial charge in [0.2, 0.25) is 10.0 Å². The molecule has 0 amide bonds. The number of hydrogen-bond acceptors (Lipinski definition) is 5. The molecule has 4 rings (SSSR count). The predicted octanol–water partition coefficient (Wildman–Crippen LogP) is 5.66. The van der Waals surface area contributed by atoms with Crippen molar-refractivity contribution < 1.29 is 22.7 Å². The van der Waals surface area contributed by atoms with Crippen LogP contribution in [0, 0.1) is 0 Å². The van der Waals surface area contributed by atoms with Crippen LogP contribution in [-0.2, 0) is 21.4 Å². The van der Waals surface area contributed by atoms with Crippen LogP contribution in [0.3, 0.4) is 0 Å². The second-order valence-corrected chi connectivity index (χ2v) is 10.1. The van der Waals surface area contributed by atoms with Gasteiger partial charge in [-0.3, -0.25) is 0 Å². The number of carbonyl (C=O) groups excluding carboxylic acids is 1. The Morgan fingerprint density at radius 2 is 1.61 bits per heavy atom. The Kier molecular flexibility index (Phi) is 7.33. The minimum absolute atomic E-state index is 0.0155. The van der Waals surface area contributed by atoms with E-state index in [1.807, 2.05) is 48.5 Å². The largest absolute Gasteiger partial charge is 0.457 e. The summed E-state index contributed by atoms with van der Waals surface area (Å²) in [7, 11) is -3.77. The van der Waals surface area contributed by atoms with Gasteiger partial charge in [0, 0.05) is 13.1 Å². The molecule has 8 heteroatoms.